The number of nitrogens with zero attached hydrogens (tertiary/aromatic N) is 3. The molecule has 0 aliphatic rings. The summed E-state index contributed by atoms with van der Waals surface area (Å²) in [6.45, 7) is 1.66. The van der Waals surface area contributed by atoms with Gasteiger partial charge < -0.3 is 4.90 Å². The molecule has 0 saturated heterocycles. The van der Waals surface area contributed by atoms with E-state index in [1.54, 1.807) is 25.9 Å². The molecule has 0 saturated carbocycles. The maximum Gasteiger partial charge on any atom is 0.433 e. The van der Waals surface area contributed by atoms with Crippen LogP contribution in [0.3, 0.4) is 0 Å². The second kappa shape index (κ2) is 5.16. The molecular weight excluding hydrogens is 247 g/mol. The van der Waals surface area contributed by atoms with Gasteiger partial charge in [0.15, 0.2) is 0 Å². The third-order valence-electron chi connectivity index (χ3n) is 2.21. The van der Waals surface area contributed by atoms with Crippen LogP contribution in [-0.2, 0) is 6.18 Å². The van der Waals surface area contributed by atoms with Gasteiger partial charge in [0.05, 0.1) is 0 Å². The second-order valence-corrected chi connectivity index (χ2v) is 3.81. The molecule has 0 amide bonds. The summed E-state index contributed by atoms with van der Waals surface area (Å²) in [6, 6.07) is 0.722. The monoisotopic (exact) mass is 259 g/mol. The first-order valence-electron chi connectivity index (χ1n) is 5.02. The van der Waals surface area contributed by atoms with Gasteiger partial charge in [-0.1, -0.05) is 0 Å². The van der Waals surface area contributed by atoms with E-state index in [0.717, 1.165) is 12.3 Å². The third kappa shape index (κ3) is 3.54. The lowest BCUT2D eigenvalue weighted by Gasteiger charge is -2.11. The highest BCUT2D eigenvalue weighted by Gasteiger charge is 2.33. The molecular formula is C11H12F3N3O. The Morgan fingerprint density at radius 2 is 2.00 bits per heavy atom. The molecule has 1 rings (SSSR count). The van der Waals surface area contributed by atoms with Crippen LogP contribution in [0.4, 0.5) is 13.2 Å². The van der Waals surface area contributed by atoms with Gasteiger partial charge in [0.2, 0.25) is 11.6 Å². The molecule has 1 aromatic rings. The first-order chi connectivity index (χ1) is 8.21. The zero-order chi connectivity index (χ0) is 13.9. The summed E-state index contributed by atoms with van der Waals surface area (Å²) in [5.74, 6) is -1.13. The second-order valence-electron chi connectivity index (χ2n) is 3.81. The van der Waals surface area contributed by atoms with E-state index < -0.39 is 23.5 Å². The number of carbonyl (C=O) groups is 1. The number of hydrogen-bond donors (Lipinski definition) is 0. The summed E-state index contributed by atoms with van der Waals surface area (Å²) >= 11 is 0. The van der Waals surface area contributed by atoms with Crippen molar-refractivity contribution in [1.29, 1.82) is 0 Å². The van der Waals surface area contributed by atoms with Crippen molar-refractivity contribution in [3.63, 3.8) is 0 Å². The molecule has 0 fully saturated rings. The molecule has 0 unspecified atom stereocenters. The molecule has 18 heavy (non-hydrogen) atoms. The summed E-state index contributed by atoms with van der Waals surface area (Å²) in [7, 11) is 3.43. The molecule has 4 nitrogen and oxygen atoms in total. The van der Waals surface area contributed by atoms with Gasteiger partial charge in [-0.25, -0.2) is 9.97 Å². The minimum Gasteiger partial charge on any atom is -0.381 e. The number of ketones is 1. The SMILES string of the molecule is C/C(=C/C(=O)c1nccc(C(F)(F)F)n1)N(C)C. The van der Waals surface area contributed by atoms with E-state index in [0.29, 0.717) is 5.70 Å². The highest BCUT2D eigenvalue weighted by molar-refractivity contribution is 6.01. The smallest absolute Gasteiger partial charge is 0.381 e. The van der Waals surface area contributed by atoms with Gasteiger partial charge >= 0.3 is 6.18 Å². The summed E-state index contributed by atoms with van der Waals surface area (Å²) in [5, 5.41) is 0. The van der Waals surface area contributed by atoms with Gasteiger partial charge in [-0.2, -0.15) is 13.2 Å². The van der Waals surface area contributed by atoms with E-state index >= 15 is 0 Å². The summed E-state index contributed by atoms with van der Waals surface area (Å²) in [5.41, 5.74) is -0.530. The van der Waals surface area contributed by atoms with Gasteiger partial charge in [0.25, 0.3) is 0 Å². The summed E-state index contributed by atoms with van der Waals surface area (Å²) in [4.78, 5) is 20.1. The van der Waals surface area contributed by atoms with Crippen LogP contribution in [0, 0.1) is 0 Å². The van der Waals surface area contributed by atoms with Crippen molar-refractivity contribution in [3.8, 4) is 0 Å². The zero-order valence-electron chi connectivity index (χ0n) is 10.1. The van der Waals surface area contributed by atoms with Crippen molar-refractivity contribution in [2.24, 2.45) is 0 Å². The summed E-state index contributed by atoms with van der Waals surface area (Å²) in [6.07, 6.45) is -2.48. The number of halogens is 3. The van der Waals surface area contributed by atoms with E-state index in [1.165, 1.54) is 6.08 Å². The first-order valence-corrected chi connectivity index (χ1v) is 5.02. The Morgan fingerprint density at radius 3 is 2.50 bits per heavy atom. The minimum absolute atomic E-state index is 0.467. The van der Waals surface area contributed by atoms with Crippen molar-refractivity contribution in [3.05, 3.63) is 35.6 Å². The predicted molar refractivity (Wildman–Crippen MR) is 58.8 cm³/mol. The largest absolute Gasteiger partial charge is 0.433 e. The molecule has 0 aromatic carbocycles. The fraction of sp³-hybridized carbons (Fsp3) is 0.364. The lowest BCUT2D eigenvalue weighted by atomic mass is 10.2. The third-order valence-corrected chi connectivity index (χ3v) is 2.21. The normalized spacial score (nSPS) is 12.4. The fourth-order valence-corrected chi connectivity index (χ4v) is 1.02. The van der Waals surface area contributed by atoms with Crippen LogP contribution in [0.5, 0.6) is 0 Å². The summed E-state index contributed by atoms with van der Waals surface area (Å²) < 4.78 is 37.2. The molecule has 0 spiro atoms. The molecule has 0 atom stereocenters. The number of allylic oxidation sites excluding steroid dienone is 2. The molecule has 1 aromatic heterocycles. The Kier molecular flexibility index (Phi) is 4.05. The topological polar surface area (TPSA) is 46.1 Å². The average Bonchev–Trinajstić information content (AvgIpc) is 2.27. The molecule has 0 bridgehead atoms. The van der Waals surface area contributed by atoms with Crippen LogP contribution in [0.2, 0.25) is 0 Å². The molecule has 1 heterocycles. The molecule has 98 valence electrons. The highest BCUT2D eigenvalue weighted by atomic mass is 19.4. The lowest BCUT2D eigenvalue weighted by Crippen LogP contribution is -2.14. The highest BCUT2D eigenvalue weighted by Crippen LogP contribution is 2.26. The van der Waals surface area contributed by atoms with Crippen molar-refractivity contribution >= 4 is 5.78 Å². The molecule has 0 aliphatic heterocycles. The lowest BCUT2D eigenvalue weighted by molar-refractivity contribution is -0.141. The van der Waals surface area contributed by atoms with Crippen LogP contribution in [0.15, 0.2) is 24.0 Å². The van der Waals surface area contributed by atoms with Crippen LogP contribution >= 0.6 is 0 Å². The van der Waals surface area contributed by atoms with Gasteiger partial charge in [0.1, 0.15) is 5.69 Å². The van der Waals surface area contributed by atoms with Crippen LogP contribution in [-0.4, -0.2) is 34.7 Å². The molecule has 7 heteroatoms. The van der Waals surface area contributed by atoms with Gasteiger partial charge in [0, 0.05) is 32.1 Å². The zero-order valence-corrected chi connectivity index (χ0v) is 10.1. The Hall–Kier alpha value is -1.92. The van der Waals surface area contributed by atoms with E-state index in [2.05, 4.69) is 9.97 Å². The van der Waals surface area contributed by atoms with Gasteiger partial charge in [-0.3, -0.25) is 4.79 Å². The Morgan fingerprint density at radius 1 is 1.39 bits per heavy atom. The first kappa shape index (κ1) is 14.1. The molecule has 0 aliphatic carbocycles. The number of carbonyl (C=O) groups excluding carboxylic acids is 1. The van der Waals surface area contributed by atoms with Crippen LogP contribution < -0.4 is 0 Å². The maximum absolute atomic E-state index is 12.4. The standard InChI is InChI=1S/C11H12F3N3O/c1-7(17(2)3)6-8(18)10-15-5-4-9(16-10)11(12,13)14/h4-6H,1-3H3/b7-6-. The van der Waals surface area contributed by atoms with E-state index in [-0.39, 0.29) is 0 Å². The Labute approximate surface area is 102 Å². The number of aromatic nitrogens is 2. The van der Waals surface area contributed by atoms with Crippen molar-refractivity contribution in [2.45, 2.75) is 13.1 Å². The van der Waals surface area contributed by atoms with Crippen molar-refractivity contribution in [2.75, 3.05) is 14.1 Å². The Bertz CT molecular complexity index is 481. The quantitative estimate of drug-likeness (QED) is 0.616. The fourth-order valence-electron chi connectivity index (χ4n) is 1.02. The van der Waals surface area contributed by atoms with Gasteiger partial charge in [-0.05, 0) is 13.0 Å². The average molecular weight is 259 g/mol. The van der Waals surface area contributed by atoms with Gasteiger partial charge in [-0.15, -0.1) is 0 Å². The predicted octanol–water partition coefficient (Wildman–Crippen LogP) is 2.14. The molecule has 0 N–H and O–H groups in total. The number of alkyl halides is 3. The van der Waals surface area contributed by atoms with Crippen LogP contribution in [0.25, 0.3) is 0 Å². The van der Waals surface area contributed by atoms with Crippen LogP contribution in [0.1, 0.15) is 23.2 Å². The number of hydrogen-bond acceptors (Lipinski definition) is 4. The minimum atomic E-state index is -4.59. The number of rotatable bonds is 3. The Balaban J connectivity index is 3.05. The van der Waals surface area contributed by atoms with E-state index in [1.807, 2.05) is 0 Å². The van der Waals surface area contributed by atoms with Crippen molar-refractivity contribution < 1.29 is 18.0 Å². The molecule has 0 radical (unpaired) electrons. The maximum atomic E-state index is 12.4. The van der Waals surface area contributed by atoms with Crippen molar-refractivity contribution in [1.82, 2.24) is 14.9 Å². The van der Waals surface area contributed by atoms with E-state index in [9.17, 15) is 18.0 Å². The van der Waals surface area contributed by atoms with E-state index in [4.69, 9.17) is 0 Å².